The first-order valence-electron chi connectivity index (χ1n) is 14.1. The smallest absolute Gasteiger partial charge is 0.305 e. The Labute approximate surface area is 233 Å². The van der Waals surface area contributed by atoms with Crippen LogP contribution < -0.4 is 20.8 Å². The number of methoxy groups -OCH3 is 1. The zero-order valence-electron chi connectivity index (χ0n) is 23.3. The van der Waals surface area contributed by atoms with E-state index in [0.29, 0.717) is 22.5 Å². The number of aromatic nitrogens is 1. The quantitative estimate of drug-likeness (QED) is 0.262. The molecule has 1 fully saturated rings. The standard InChI is InChI=1S/C31H38FN3O5/c1-4-21(5-2)35-18-24(31(39)34-26(17-29(36)37)19-11-13-22(40-3)14-12-19)30(38)23-15-25(32)27(16-28(23)35)33-20-9-7-6-8-10-20/h11-16,18,20-21,26,33H,4-10,17H2,1-3H3,(H,34,39)(H,36,37). The Kier molecular flexibility index (Phi) is 9.45. The highest BCUT2D eigenvalue weighted by Crippen LogP contribution is 2.29. The molecule has 214 valence electrons. The summed E-state index contributed by atoms with van der Waals surface area (Å²) in [4.78, 5) is 38.7. The third kappa shape index (κ3) is 6.46. The van der Waals surface area contributed by atoms with Crippen molar-refractivity contribution in [3.8, 4) is 5.75 Å². The van der Waals surface area contributed by atoms with Gasteiger partial charge in [-0.1, -0.05) is 45.2 Å². The summed E-state index contributed by atoms with van der Waals surface area (Å²) in [5.74, 6) is -1.76. The minimum Gasteiger partial charge on any atom is -0.497 e. The Morgan fingerprint density at radius 1 is 1.10 bits per heavy atom. The van der Waals surface area contributed by atoms with Crippen LogP contribution in [0.25, 0.3) is 10.9 Å². The second-order valence-electron chi connectivity index (χ2n) is 10.5. The number of fused-ring (bicyclic) bond motifs is 1. The zero-order valence-corrected chi connectivity index (χ0v) is 23.3. The third-order valence-electron chi connectivity index (χ3n) is 7.87. The molecule has 9 heteroatoms. The van der Waals surface area contributed by atoms with E-state index in [2.05, 4.69) is 10.6 Å². The van der Waals surface area contributed by atoms with Gasteiger partial charge in [0.2, 0.25) is 5.43 Å². The number of benzene rings is 2. The molecule has 1 saturated carbocycles. The van der Waals surface area contributed by atoms with Gasteiger partial charge < -0.3 is 25.0 Å². The average Bonchev–Trinajstić information content (AvgIpc) is 2.95. The number of carboxylic acid groups (broad SMARTS) is 1. The zero-order chi connectivity index (χ0) is 28.8. The van der Waals surface area contributed by atoms with Crippen LogP contribution in [0.3, 0.4) is 0 Å². The fourth-order valence-corrected chi connectivity index (χ4v) is 5.59. The summed E-state index contributed by atoms with van der Waals surface area (Å²) < 4.78 is 22.4. The van der Waals surface area contributed by atoms with Crippen molar-refractivity contribution in [2.45, 2.75) is 83.3 Å². The first-order valence-corrected chi connectivity index (χ1v) is 14.1. The molecule has 1 atom stereocenters. The van der Waals surface area contributed by atoms with Gasteiger partial charge in [-0.15, -0.1) is 0 Å². The van der Waals surface area contributed by atoms with E-state index in [1.807, 2.05) is 18.4 Å². The topological polar surface area (TPSA) is 110 Å². The lowest BCUT2D eigenvalue weighted by atomic mass is 9.95. The molecule has 1 amide bonds. The molecule has 2 aromatic carbocycles. The predicted molar refractivity (Wildman–Crippen MR) is 154 cm³/mol. The summed E-state index contributed by atoms with van der Waals surface area (Å²) in [6, 6.07) is 8.87. The van der Waals surface area contributed by atoms with E-state index in [0.717, 1.165) is 38.5 Å². The van der Waals surface area contributed by atoms with Gasteiger partial charge in [0.1, 0.15) is 17.1 Å². The number of nitrogens with zero attached hydrogens (tertiary/aromatic N) is 1. The molecule has 1 unspecified atom stereocenters. The first-order chi connectivity index (χ1) is 19.2. The van der Waals surface area contributed by atoms with Gasteiger partial charge in [0.15, 0.2) is 0 Å². The van der Waals surface area contributed by atoms with Crippen LogP contribution in [0.2, 0.25) is 0 Å². The molecule has 8 nitrogen and oxygen atoms in total. The number of hydrogen-bond acceptors (Lipinski definition) is 5. The Morgan fingerprint density at radius 2 is 1.77 bits per heavy atom. The molecule has 1 aliphatic rings. The fourth-order valence-electron chi connectivity index (χ4n) is 5.59. The molecule has 1 aromatic heterocycles. The summed E-state index contributed by atoms with van der Waals surface area (Å²) in [6.07, 6.45) is 7.97. The molecule has 0 bridgehead atoms. The summed E-state index contributed by atoms with van der Waals surface area (Å²) in [5, 5.41) is 15.7. The lowest BCUT2D eigenvalue weighted by Gasteiger charge is -2.26. The number of carbonyl (C=O) groups excluding carboxylic acids is 1. The van der Waals surface area contributed by atoms with Crippen molar-refractivity contribution in [3.05, 3.63) is 69.8 Å². The molecule has 0 saturated heterocycles. The number of halogens is 1. The van der Waals surface area contributed by atoms with Crippen molar-refractivity contribution < 1.29 is 23.8 Å². The number of carboxylic acids is 1. The number of hydrogen-bond donors (Lipinski definition) is 3. The molecular formula is C31H38FN3O5. The average molecular weight is 552 g/mol. The van der Waals surface area contributed by atoms with Gasteiger partial charge >= 0.3 is 5.97 Å². The normalized spacial score (nSPS) is 14.7. The molecule has 4 rings (SSSR count). The summed E-state index contributed by atoms with van der Waals surface area (Å²) in [7, 11) is 1.52. The number of amides is 1. The van der Waals surface area contributed by atoms with Crippen LogP contribution >= 0.6 is 0 Å². The predicted octanol–water partition coefficient (Wildman–Crippen LogP) is 6.20. The van der Waals surface area contributed by atoms with Gasteiger partial charge in [-0.3, -0.25) is 14.4 Å². The van der Waals surface area contributed by atoms with Crippen LogP contribution in [0.5, 0.6) is 5.75 Å². The van der Waals surface area contributed by atoms with E-state index < -0.39 is 29.2 Å². The van der Waals surface area contributed by atoms with Gasteiger partial charge in [0.05, 0.1) is 30.8 Å². The van der Waals surface area contributed by atoms with Crippen molar-refractivity contribution in [3.63, 3.8) is 0 Å². The highest BCUT2D eigenvalue weighted by molar-refractivity contribution is 5.98. The van der Waals surface area contributed by atoms with Gasteiger partial charge in [-0.25, -0.2) is 4.39 Å². The second kappa shape index (κ2) is 13.0. The van der Waals surface area contributed by atoms with Crippen molar-refractivity contribution in [2.75, 3.05) is 12.4 Å². The third-order valence-corrected chi connectivity index (χ3v) is 7.87. The van der Waals surface area contributed by atoms with Gasteiger partial charge in [-0.2, -0.15) is 0 Å². The maximum Gasteiger partial charge on any atom is 0.305 e. The van der Waals surface area contributed by atoms with Gasteiger partial charge in [-0.05, 0) is 55.5 Å². The number of anilines is 1. The minimum absolute atomic E-state index is 0.0287. The van der Waals surface area contributed by atoms with E-state index >= 15 is 4.39 Å². The molecule has 0 aliphatic heterocycles. The van der Waals surface area contributed by atoms with Crippen LogP contribution in [-0.4, -0.2) is 34.7 Å². The largest absolute Gasteiger partial charge is 0.497 e. The van der Waals surface area contributed by atoms with Gasteiger partial charge in [0, 0.05) is 23.7 Å². The second-order valence-corrected chi connectivity index (χ2v) is 10.5. The number of pyridine rings is 1. The maximum atomic E-state index is 15.3. The number of nitrogens with one attached hydrogen (secondary N) is 2. The van der Waals surface area contributed by atoms with Gasteiger partial charge in [0.25, 0.3) is 5.91 Å². The van der Waals surface area contributed by atoms with E-state index in [1.54, 1.807) is 30.3 Å². The number of ether oxygens (including phenoxy) is 1. The van der Waals surface area contributed by atoms with Crippen molar-refractivity contribution in [1.82, 2.24) is 9.88 Å². The molecule has 3 aromatic rings. The summed E-state index contributed by atoms with van der Waals surface area (Å²) in [5.41, 5.74) is 0.725. The van der Waals surface area contributed by atoms with E-state index in [9.17, 15) is 19.5 Å². The Bertz CT molecular complexity index is 1410. The van der Waals surface area contributed by atoms with Crippen LogP contribution in [0.1, 0.15) is 93.2 Å². The Balaban J connectivity index is 1.76. The highest BCUT2D eigenvalue weighted by Gasteiger charge is 2.25. The van der Waals surface area contributed by atoms with Crippen LogP contribution in [0.4, 0.5) is 10.1 Å². The number of aliphatic carboxylic acids is 1. The van der Waals surface area contributed by atoms with E-state index in [-0.39, 0.29) is 29.5 Å². The molecule has 0 spiro atoms. The molecule has 1 heterocycles. The highest BCUT2D eigenvalue weighted by atomic mass is 19.1. The van der Waals surface area contributed by atoms with E-state index in [4.69, 9.17) is 4.74 Å². The summed E-state index contributed by atoms with van der Waals surface area (Å²) in [6.45, 7) is 4.05. The lowest BCUT2D eigenvalue weighted by Crippen LogP contribution is -2.34. The summed E-state index contributed by atoms with van der Waals surface area (Å²) >= 11 is 0. The van der Waals surface area contributed by atoms with Crippen molar-refractivity contribution in [1.29, 1.82) is 0 Å². The van der Waals surface area contributed by atoms with Crippen LogP contribution in [0.15, 0.2) is 47.4 Å². The van der Waals surface area contributed by atoms with Crippen molar-refractivity contribution >= 4 is 28.5 Å². The number of carbonyl (C=O) groups is 2. The minimum atomic E-state index is -1.10. The Hall–Kier alpha value is -3.88. The lowest BCUT2D eigenvalue weighted by molar-refractivity contribution is -0.137. The number of rotatable bonds is 11. The maximum absolute atomic E-state index is 15.3. The van der Waals surface area contributed by atoms with Crippen LogP contribution in [-0.2, 0) is 4.79 Å². The Morgan fingerprint density at radius 3 is 2.38 bits per heavy atom. The van der Waals surface area contributed by atoms with E-state index in [1.165, 1.54) is 25.8 Å². The monoisotopic (exact) mass is 551 g/mol. The fraction of sp³-hybridized carbons (Fsp3) is 0.452. The molecule has 0 radical (unpaired) electrons. The molecule has 1 aliphatic carbocycles. The molecule has 40 heavy (non-hydrogen) atoms. The SMILES string of the molecule is CCC(CC)n1cc(C(=O)NC(CC(=O)O)c2ccc(OC)cc2)c(=O)c2cc(F)c(NC3CCCCC3)cc21. The molecule has 3 N–H and O–H groups in total. The van der Waals surface area contributed by atoms with Crippen LogP contribution in [0, 0.1) is 5.82 Å². The molecular weight excluding hydrogens is 513 g/mol. The van der Waals surface area contributed by atoms with Crippen molar-refractivity contribution in [2.24, 2.45) is 0 Å². The first kappa shape index (κ1) is 29.1.